The van der Waals surface area contributed by atoms with Crippen molar-refractivity contribution >= 4 is 11.6 Å². The van der Waals surface area contributed by atoms with Gasteiger partial charge in [-0.15, -0.1) is 0 Å². The van der Waals surface area contributed by atoms with Gasteiger partial charge in [0.2, 0.25) is 5.72 Å². The highest BCUT2D eigenvalue weighted by Gasteiger charge is 2.82. The highest BCUT2D eigenvalue weighted by molar-refractivity contribution is 6.03. The molecule has 0 saturated carbocycles. The average Bonchev–Trinajstić information content (AvgIpc) is 3.21. The number of carbonyl (C=O) groups excluding carboxylic acids is 1. The van der Waals surface area contributed by atoms with Crippen LogP contribution >= 0.6 is 0 Å². The van der Waals surface area contributed by atoms with Crippen LogP contribution in [-0.4, -0.2) is 59.2 Å². The SMILES string of the molecule is COc1ccc(C2=NN(C(=O)COc3ccccc3C#N)[C@](O)(C(F)(F)C(F)(F)C(F)(F)F)C2)cc1. The zero-order chi connectivity index (χ0) is 26.9. The number of nitrogens with zero attached hydrogens (tertiary/aromatic N) is 3. The van der Waals surface area contributed by atoms with Gasteiger partial charge in [0.1, 0.15) is 17.6 Å². The second kappa shape index (κ2) is 9.30. The summed E-state index contributed by atoms with van der Waals surface area (Å²) in [5, 5.41) is 22.6. The second-order valence-corrected chi connectivity index (χ2v) is 7.52. The van der Waals surface area contributed by atoms with E-state index in [1.165, 1.54) is 55.6 Å². The summed E-state index contributed by atoms with van der Waals surface area (Å²) in [6, 6.07) is 12.1. The Kier molecular flexibility index (Phi) is 6.91. The van der Waals surface area contributed by atoms with Crippen molar-refractivity contribution in [1.82, 2.24) is 5.01 Å². The highest BCUT2D eigenvalue weighted by atomic mass is 19.4. The molecule has 0 fully saturated rings. The van der Waals surface area contributed by atoms with Gasteiger partial charge in [0.25, 0.3) is 5.91 Å². The number of hydrogen-bond acceptors (Lipinski definition) is 6. The van der Waals surface area contributed by atoms with Gasteiger partial charge in [-0.3, -0.25) is 4.79 Å². The third-order valence-corrected chi connectivity index (χ3v) is 5.26. The monoisotopic (exact) mass is 519 g/mol. The van der Waals surface area contributed by atoms with Gasteiger partial charge in [-0.1, -0.05) is 12.1 Å². The molecule has 2 aromatic carbocycles. The van der Waals surface area contributed by atoms with Crippen molar-refractivity contribution in [2.75, 3.05) is 13.7 Å². The number of ether oxygens (including phenoxy) is 2. The normalized spacial score (nSPS) is 18.4. The van der Waals surface area contributed by atoms with Crippen molar-refractivity contribution < 1.29 is 50.1 Å². The summed E-state index contributed by atoms with van der Waals surface area (Å²) in [5.41, 5.74) is -5.15. The Morgan fingerprint density at radius 2 is 1.72 bits per heavy atom. The standard InChI is InChI=1S/C22H16F7N3O4/c1-35-15-8-6-13(7-9-15)16-10-19(34,20(23,24)21(25,26)22(27,28)29)32(31-16)18(33)12-36-17-5-3-2-4-14(17)11-30/h2-9,34H,10,12H2,1H3/t19-/m1/s1. The van der Waals surface area contributed by atoms with Crippen LogP contribution in [0.2, 0.25) is 0 Å². The number of alkyl halides is 7. The topological polar surface area (TPSA) is 95.1 Å². The molecule has 7 nitrogen and oxygen atoms in total. The van der Waals surface area contributed by atoms with Crippen LogP contribution in [0.25, 0.3) is 0 Å². The van der Waals surface area contributed by atoms with Crippen molar-refractivity contribution in [1.29, 1.82) is 5.26 Å². The Hall–Kier alpha value is -3.86. The molecule has 192 valence electrons. The Labute approximate surface area is 198 Å². The summed E-state index contributed by atoms with van der Waals surface area (Å²) in [5.74, 6) is -14.6. The molecule has 3 rings (SSSR count). The first-order valence-corrected chi connectivity index (χ1v) is 9.91. The maximum atomic E-state index is 14.8. The number of rotatable bonds is 7. The summed E-state index contributed by atoms with van der Waals surface area (Å²) < 4.78 is 106. The van der Waals surface area contributed by atoms with Gasteiger partial charge in [0.15, 0.2) is 6.61 Å². The van der Waals surface area contributed by atoms with Gasteiger partial charge >= 0.3 is 18.0 Å². The van der Waals surface area contributed by atoms with Gasteiger partial charge < -0.3 is 14.6 Å². The van der Waals surface area contributed by atoms with Gasteiger partial charge in [-0.25, -0.2) is 0 Å². The lowest BCUT2D eigenvalue weighted by molar-refractivity contribution is -0.401. The highest BCUT2D eigenvalue weighted by Crippen LogP contribution is 2.54. The van der Waals surface area contributed by atoms with Crippen LogP contribution < -0.4 is 9.47 Å². The molecule has 1 atom stereocenters. The number of para-hydroxylation sites is 1. The lowest BCUT2D eigenvalue weighted by atomic mass is 9.91. The first kappa shape index (κ1) is 26.7. The van der Waals surface area contributed by atoms with Crippen LogP contribution in [0.3, 0.4) is 0 Å². The van der Waals surface area contributed by atoms with E-state index < -0.39 is 53.4 Å². The van der Waals surface area contributed by atoms with Crippen molar-refractivity contribution in [3.8, 4) is 17.6 Å². The second-order valence-electron chi connectivity index (χ2n) is 7.52. The van der Waals surface area contributed by atoms with E-state index in [-0.39, 0.29) is 16.9 Å². The molecule has 0 aliphatic carbocycles. The minimum absolute atomic E-state index is 0.0635. The van der Waals surface area contributed by atoms with E-state index in [1.807, 2.05) is 0 Å². The largest absolute Gasteiger partial charge is 0.497 e. The molecular formula is C22H16F7N3O4. The van der Waals surface area contributed by atoms with Crippen LogP contribution in [0.4, 0.5) is 30.7 Å². The van der Waals surface area contributed by atoms with Crippen LogP contribution in [-0.2, 0) is 4.79 Å². The van der Waals surface area contributed by atoms with Crippen LogP contribution in [0, 0.1) is 11.3 Å². The smallest absolute Gasteiger partial charge is 0.460 e. The molecule has 1 heterocycles. The quantitative estimate of drug-likeness (QED) is 0.556. The maximum Gasteiger partial charge on any atom is 0.460 e. The molecule has 0 spiro atoms. The molecule has 14 heteroatoms. The molecule has 0 bridgehead atoms. The van der Waals surface area contributed by atoms with Crippen molar-refractivity contribution in [2.45, 2.75) is 30.2 Å². The summed E-state index contributed by atoms with van der Waals surface area (Å²) in [6.45, 7) is -1.23. The van der Waals surface area contributed by atoms with Crippen LogP contribution in [0.1, 0.15) is 17.5 Å². The molecule has 1 aliphatic rings. The summed E-state index contributed by atoms with van der Waals surface area (Å²) in [7, 11) is 1.31. The minimum atomic E-state index is -6.77. The number of nitriles is 1. The molecular weight excluding hydrogens is 503 g/mol. The predicted molar refractivity (Wildman–Crippen MR) is 109 cm³/mol. The predicted octanol–water partition coefficient (Wildman–Crippen LogP) is 4.10. The number of aliphatic hydroxyl groups is 1. The molecule has 1 aliphatic heterocycles. The molecule has 2 aromatic rings. The Morgan fingerprint density at radius 1 is 1.11 bits per heavy atom. The number of benzene rings is 2. The third kappa shape index (κ3) is 4.41. The minimum Gasteiger partial charge on any atom is -0.497 e. The van der Waals surface area contributed by atoms with E-state index in [4.69, 9.17) is 14.7 Å². The zero-order valence-corrected chi connectivity index (χ0v) is 18.2. The van der Waals surface area contributed by atoms with Gasteiger partial charge in [0.05, 0.1) is 18.4 Å². The van der Waals surface area contributed by atoms with E-state index in [0.717, 1.165) is 0 Å². The number of hydrogen-bond donors (Lipinski definition) is 1. The van der Waals surface area contributed by atoms with Crippen molar-refractivity contribution in [2.24, 2.45) is 5.10 Å². The van der Waals surface area contributed by atoms with E-state index in [1.54, 1.807) is 6.07 Å². The fourth-order valence-electron chi connectivity index (χ4n) is 3.31. The number of carbonyl (C=O) groups is 1. The Balaban J connectivity index is 2.02. The number of amides is 1. The van der Waals surface area contributed by atoms with Gasteiger partial charge in [-0.2, -0.15) is 46.1 Å². The van der Waals surface area contributed by atoms with Gasteiger partial charge in [-0.05, 0) is 42.0 Å². The number of hydrazone groups is 1. The van der Waals surface area contributed by atoms with Crippen LogP contribution in [0.15, 0.2) is 53.6 Å². The Bertz CT molecular complexity index is 1210. The molecule has 0 unspecified atom stereocenters. The summed E-state index contributed by atoms with van der Waals surface area (Å²) in [4.78, 5) is 12.7. The van der Waals surface area contributed by atoms with Crippen LogP contribution in [0.5, 0.6) is 11.5 Å². The lowest BCUT2D eigenvalue weighted by Gasteiger charge is -2.41. The average molecular weight is 519 g/mol. The fourth-order valence-corrected chi connectivity index (χ4v) is 3.31. The summed E-state index contributed by atoms with van der Waals surface area (Å²) in [6.07, 6.45) is -8.34. The zero-order valence-electron chi connectivity index (χ0n) is 18.2. The van der Waals surface area contributed by atoms with E-state index in [0.29, 0.717) is 5.75 Å². The van der Waals surface area contributed by atoms with E-state index in [9.17, 15) is 40.6 Å². The first-order valence-electron chi connectivity index (χ1n) is 9.91. The summed E-state index contributed by atoms with van der Waals surface area (Å²) >= 11 is 0. The molecule has 0 aromatic heterocycles. The van der Waals surface area contributed by atoms with Crippen molar-refractivity contribution in [3.05, 3.63) is 59.7 Å². The van der Waals surface area contributed by atoms with E-state index in [2.05, 4.69) is 5.10 Å². The Morgan fingerprint density at radius 3 is 2.28 bits per heavy atom. The third-order valence-electron chi connectivity index (χ3n) is 5.26. The molecule has 1 N–H and O–H groups in total. The number of methoxy groups -OCH3 is 1. The molecule has 0 radical (unpaired) electrons. The molecule has 0 saturated heterocycles. The van der Waals surface area contributed by atoms with Gasteiger partial charge in [0, 0.05) is 6.42 Å². The van der Waals surface area contributed by atoms with Crippen molar-refractivity contribution in [3.63, 3.8) is 0 Å². The number of halogens is 7. The lowest BCUT2D eigenvalue weighted by Crippen LogP contribution is -2.69. The van der Waals surface area contributed by atoms with E-state index >= 15 is 0 Å². The molecule has 1 amide bonds. The maximum absolute atomic E-state index is 14.8. The fraction of sp³-hybridized carbons (Fsp3) is 0.318. The molecule has 36 heavy (non-hydrogen) atoms. The first-order chi connectivity index (χ1) is 16.7.